The Bertz CT molecular complexity index is 951. The molecule has 0 heterocycles. The van der Waals surface area contributed by atoms with Crippen molar-refractivity contribution in [2.75, 3.05) is 18.9 Å². The topological polar surface area (TPSA) is 68.2 Å². The van der Waals surface area contributed by atoms with Crippen molar-refractivity contribution < 1.29 is 18.4 Å². The van der Waals surface area contributed by atoms with Gasteiger partial charge in [0.1, 0.15) is 5.75 Å². The van der Waals surface area contributed by atoms with Crippen LogP contribution in [-0.4, -0.2) is 36.0 Å². The highest BCUT2D eigenvalue weighted by atomic mass is 32.7. The Kier molecular flexibility index (Phi) is 12.8. The summed E-state index contributed by atoms with van der Waals surface area (Å²) in [6.45, 7) is 5.24. The lowest BCUT2D eigenvalue weighted by atomic mass is 10.1. The molecule has 34 heavy (non-hydrogen) atoms. The fourth-order valence-electron chi connectivity index (χ4n) is 2.96. The van der Waals surface area contributed by atoms with E-state index in [4.69, 9.17) is 9.05 Å². The number of unbranched alkanes of at least 4 members (excludes halogenated alkanes) is 1. The Labute approximate surface area is 207 Å². The molecule has 0 bridgehead atoms. The minimum atomic E-state index is -3.22. The van der Waals surface area contributed by atoms with E-state index in [1.165, 1.54) is 16.4 Å². The monoisotopic (exact) mass is 502 g/mol. The van der Waals surface area contributed by atoms with E-state index < -0.39 is 6.80 Å². The second kappa shape index (κ2) is 15.5. The van der Waals surface area contributed by atoms with E-state index in [9.17, 15) is 9.36 Å². The van der Waals surface area contributed by atoms with E-state index in [0.29, 0.717) is 37.3 Å². The smallest absolute Gasteiger partial charge is 0.417 e. The Balaban J connectivity index is 1.92. The van der Waals surface area contributed by atoms with Crippen LogP contribution in [0, 0.1) is 0 Å². The van der Waals surface area contributed by atoms with Crippen molar-refractivity contribution in [3.63, 3.8) is 0 Å². The third kappa shape index (κ3) is 9.88. The van der Waals surface area contributed by atoms with Crippen molar-refractivity contribution in [2.45, 2.75) is 46.0 Å². The summed E-state index contributed by atoms with van der Waals surface area (Å²) in [5.41, 5.74) is 1.70. The van der Waals surface area contributed by atoms with Crippen LogP contribution in [0.4, 0.5) is 0 Å². The first-order valence-electron chi connectivity index (χ1n) is 11.7. The second-order valence-corrected chi connectivity index (χ2v) is 11.6. The van der Waals surface area contributed by atoms with Gasteiger partial charge in [0.05, 0.1) is 6.61 Å². The average Bonchev–Trinajstić information content (AvgIpc) is 2.85. The van der Waals surface area contributed by atoms with Crippen LogP contribution >= 0.6 is 18.2 Å². The summed E-state index contributed by atoms with van der Waals surface area (Å²) in [5.74, 6) is 1.14. The molecule has 0 saturated heterocycles. The highest BCUT2D eigenvalue weighted by molar-refractivity contribution is 8.55. The number of nitrogens with zero attached hydrogens (tertiary/aromatic N) is 2. The van der Waals surface area contributed by atoms with Crippen LogP contribution in [0.2, 0.25) is 0 Å². The quantitative estimate of drug-likeness (QED) is 0.0787. The molecule has 8 heteroatoms. The van der Waals surface area contributed by atoms with Crippen molar-refractivity contribution in [2.24, 2.45) is 5.10 Å². The molecule has 0 fully saturated rings. The number of carbonyl (C=O) groups is 1. The average molecular weight is 503 g/mol. The molecule has 2 rings (SSSR count). The van der Waals surface area contributed by atoms with Gasteiger partial charge in [-0.1, -0.05) is 49.8 Å². The number of hydrogen-bond acceptors (Lipinski definition) is 6. The second-order valence-electron chi connectivity index (χ2n) is 7.50. The molecule has 0 aliphatic rings. The van der Waals surface area contributed by atoms with Crippen molar-refractivity contribution in [3.05, 3.63) is 78.4 Å². The molecule has 6 nitrogen and oxygen atoms in total. The normalized spacial score (nSPS) is 12.9. The van der Waals surface area contributed by atoms with Crippen LogP contribution in [0.25, 0.3) is 0 Å². The fourth-order valence-corrected chi connectivity index (χ4v) is 6.49. The molecule has 0 saturated carbocycles. The maximum absolute atomic E-state index is 12.9. The van der Waals surface area contributed by atoms with Gasteiger partial charge in [0.25, 0.3) is 5.91 Å². The van der Waals surface area contributed by atoms with Gasteiger partial charge in [-0.05, 0) is 73.8 Å². The summed E-state index contributed by atoms with van der Waals surface area (Å²) >= 11 is 1.25. The summed E-state index contributed by atoms with van der Waals surface area (Å²) in [5, 5.41) is 5.89. The summed E-state index contributed by atoms with van der Waals surface area (Å²) in [6.07, 6.45) is 7.64. The third-order valence-electron chi connectivity index (χ3n) is 4.76. The van der Waals surface area contributed by atoms with Gasteiger partial charge < -0.3 is 4.52 Å². The lowest BCUT2D eigenvalue weighted by Gasteiger charge is -2.17. The highest BCUT2D eigenvalue weighted by Crippen LogP contribution is 2.60. The number of hydrazone groups is 1. The van der Waals surface area contributed by atoms with Crippen molar-refractivity contribution in [1.29, 1.82) is 0 Å². The Morgan fingerprint density at radius 3 is 2.50 bits per heavy atom. The number of amides is 1. The van der Waals surface area contributed by atoms with E-state index in [0.717, 1.165) is 30.6 Å². The molecule has 0 aliphatic carbocycles. The van der Waals surface area contributed by atoms with Gasteiger partial charge in [-0.3, -0.25) is 9.32 Å². The first kappa shape index (κ1) is 27.9. The van der Waals surface area contributed by atoms with Crippen LogP contribution in [-0.2, 0) is 15.5 Å². The molecule has 2 aromatic rings. The van der Waals surface area contributed by atoms with Gasteiger partial charge in [-0.15, -0.1) is 6.58 Å². The van der Waals surface area contributed by atoms with Crippen LogP contribution in [0.5, 0.6) is 5.75 Å². The molecule has 0 spiro atoms. The molecule has 0 aliphatic heterocycles. The molecule has 0 aromatic heterocycles. The minimum Gasteiger partial charge on any atom is -0.417 e. The van der Waals surface area contributed by atoms with Crippen LogP contribution in [0.1, 0.15) is 55.5 Å². The minimum absolute atomic E-state index is 0.129. The van der Waals surface area contributed by atoms with Gasteiger partial charge in [-0.2, -0.15) is 5.10 Å². The number of aryl methyl sites for hydroxylation is 1. The van der Waals surface area contributed by atoms with Gasteiger partial charge in [0.2, 0.25) is 0 Å². The van der Waals surface area contributed by atoms with Crippen LogP contribution in [0.15, 0.2) is 72.4 Å². The largest absolute Gasteiger partial charge is 0.440 e. The van der Waals surface area contributed by atoms with Gasteiger partial charge in [0.15, 0.2) is 0 Å². The maximum Gasteiger partial charge on any atom is 0.440 e. The van der Waals surface area contributed by atoms with E-state index in [1.807, 2.05) is 49.4 Å². The summed E-state index contributed by atoms with van der Waals surface area (Å²) in [6, 6.07) is 16.7. The molecule has 1 amide bonds. The fraction of sp³-hybridized carbons (Fsp3) is 0.385. The zero-order chi connectivity index (χ0) is 24.7. The van der Waals surface area contributed by atoms with Gasteiger partial charge >= 0.3 is 6.80 Å². The first-order valence-corrected chi connectivity index (χ1v) is 14.8. The maximum atomic E-state index is 12.9. The molecule has 2 aromatic carbocycles. The van der Waals surface area contributed by atoms with E-state index in [1.54, 1.807) is 24.4 Å². The van der Waals surface area contributed by atoms with E-state index in [-0.39, 0.29) is 5.91 Å². The number of rotatable bonds is 16. The van der Waals surface area contributed by atoms with E-state index in [2.05, 4.69) is 18.6 Å². The molecule has 0 radical (unpaired) electrons. The molecule has 184 valence electrons. The number of carbonyl (C=O) groups excluding carboxylic acids is 1. The summed E-state index contributed by atoms with van der Waals surface area (Å²) < 4.78 is 24.1. The zero-order valence-corrected chi connectivity index (χ0v) is 21.8. The van der Waals surface area contributed by atoms with Gasteiger partial charge in [0, 0.05) is 24.1 Å². The summed E-state index contributed by atoms with van der Waals surface area (Å²) in [4.78, 5) is 12.7. The predicted molar refractivity (Wildman–Crippen MR) is 143 cm³/mol. The molecule has 1 atom stereocenters. The Morgan fingerprint density at radius 2 is 1.85 bits per heavy atom. The lowest BCUT2D eigenvalue weighted by Crippen LogP contribution is -2.27. The van der Waals surface area contributed by atoms with Crippen LogP contribution < -0.4 is 4.52 Å². The van der Waals surface area contributed by atoms with Crippen molar-refractivity contribution >= 4 is 30.3 Å². The SMILES string of the molecule is C=CCCN(N=CCCc1ccc(OP(=O)(OCC)SCCCC)cc1)C(=O)c1ccccc1. The third-order valence-corrected chi connectivity index (χ3v) is 8.59. The Morgan fingerprint density at radius 1 is 1.12 bits per heavy atom. The van der Waals surface area contributed by atoms with E-state index >= 15 is 0 Å². The van der Waals surface area contributed by atoms with Crippen molar-refractivity contribution in [1.82, 2.24) is 5.01 Å². The number of hydrogen-bond donors (Lipinski definition) is 0. The lowest BCUT2D eigenvalue weighted by molar-refractivity contribution is 0.0764. The standard InChI is InChI=1S/C26H35N2O4PS/c1-4-7-21-28(26(29)24-14-10-9-11-15-24)27-20-12-13-23-16-18-25(19-17-23)32-33(30,31-6-3)34-22-8-5-2/h4,9-11,14-20H,1,5-8,12-13,21-22H2,2-3H3. The molecular formula is C26H35N2O4PS. The van der Waals surface area contributed by atoms with Crippen molar-refractivity contribution in [3.8, 4) is 5.75 Å². The zero-order valence-electron chi connectivity index (χ0n) is 20.1. The molecule has 0 N–H and O–H groups in total. The molecule has 1 unspecified atom stereocenters. The highest BCUT2D eigenvalue weighted by Gasteiger charge is 2.26. The van der Waals surface area contributed by atoms with Crippen LogP contribution in [0.3, 0.4) is 0 Å². The first-order chi connectivity index (χ1) is 16.5. The predicted octanol–water partition coefficient (Wildman–Crippen LogP) is 7.38. The Hall–Kier alpha value is -2.34. The summed E-state index contributed by atoms with van der Waals surface area (Å²) in [7, 11) is 0. The molecular weight excluding hydrogens is 467 g/mol. The van der Waals surface area contributed by atoms with Gasteiger partial charge in [-0.25, -0.2) is 9.57 Å². The number of benzene rings is 2.